The number of amides is 2. The van der Waals surface area contributed by atoms with Crippen LogP contribution < -0.4 is 15.0 Å². The normalized spacial score (nSPS) is 10.7. The molecular formula is C30H30N2O3. The molecule has 0 spiro atoms. The Morgan fingerprint density at radius 1 is 0.800 bits per heavy atom. The monoisotopic (exact) mass is 466 g/mol. The Balaban J connectivity index is 1.44. The third-order valence-corrected chi connectivity index (χ3v) is 5.89. The molecule has 0 radical (unpaired) electrons. The zero-order valence-electron chi connectivity index (χ0n) is 20.2. The van der Waals surface area contributed by atoms with Crippen LogP contribution in [0.5, 0.6) is 5.75 Å². The van der Waals surface area contributed by atoms with E-state index in [0.717, 1.165) is 35.1 Å². The first-order valence-corrected chi connectivity index (χ1v) is 12.0. The van der Waals surface area contributed by atoms with Crippen molar-refractivity contribution in [2.45, 2.75) is 26.7 Å². The number of hydrogen-bond acceptors (Lipinski definition) is 3. The second-order valence-corrected chi connectivity index (χ2v) is 8.31. The molecule has 0 bridgehead atoms. The summed E-state index contributed by atoms with van der Waals surface area (Å²) in [6.07, 6.45) is 2.07. The molecule has 0 aliphatic rings. The summed E-state index contributed by atoms with van der Waals surface area (Å²) in [4.78, 5) is 27.7. The van der Waals surface area contributed by atoms with Gasteiger partial charge in [0.15, 0.2) is 0 Å². The average Bonchev–Trinajstić information content (AvgIpc) is 2.90. The number of hydrogen-bond donors (Lipinski definition) is 1. The van der Waals surface area contributed by atoms with Gasteiger partial charge in [-0.3, -0.25) is 9.59 Å². The van der Waals surface area contributed by atoms with E-state index in [1.807, 2.05) is 49.4 Å². The van der Waals surface area contributed by atoms with Gasteiger partial charge in [0, 0.05) is 28.7 Å². The standard InChI is InChI=1S/C30H30N2O3/c1-3-5-21-35-26-19-15-23(16-20-26)29(33)31-25-17-13-24(14-18-25)30(34)32(4-2)28-12-8-10-22-9-6-7-11-27(22)28/h6-20H,3-5,21H2,1-2H3,(H,31,33). The number of nitrogens with one attached hydrogen (secondary N) is 1. The molecule has 0 aliphatic heterocycles. The van der Waals surface area contributed by atoms with Crippen LogP contribution in [0.3, 0.4) is 0 Å². The Morgan fingerprint density at radius 3 is 2.20 bits per heavy atom. The molecule has 5 heteroatoms. The maximum atomic E-state index is 13.3. The maximum absolute atomic E-state index is 13.3. The van der Waals surface area contributed by atoms with Crippen LogP contribution in [0.25, 0.3) is 10.8 Å². The van der Waals surface area contributed by atoms with E-state index in [9.17, 15) is 9.59 Å². The minimum atomic E-state index is -0.213. The van der Waals surface area contributed by atoms with Gasteiger partial charge in [-0.25, -0.2) is 0 Å². The largest absolute Gasteiger partial charge is 0.494 e. The number of rotatable bonds is 9. The van der Waals surface area contributed by atoms with Crippen molar-refractivity contribution in [2.24, 2.45) is 0 Å². The minimum absolute atomic E-state index is 0.0830. The van der Waals surface area contributed by atoms with E-state index < -0.39 is 0 Å². The number of fused-ring (bicyclic) bond motifs is 1. The van der Waals surface area contributed by atoms with E-state index in [0.29, 0.717) is 30.0 Å². The Kier molecular flexibility index (Phi) is 7.78. The van der Waals surface area contributed by atoms with Crippen molar-refractivity contribution >= 4 is 34.0 Å². The number of unbranched alkanes of at least 4 members (excludes halogenated alkanes) is 1. The van der Waals surface area contributed by atoms with Crippen molar-refractivity contribution in [2.75, 3.05) is 23.4 Å². The van der Waals surface area contributed by atoms with Crippen molar-refractivity contribution in [1.82, 2.24) is 0 Å². The maximum Gasteiger partial charge on any atom is 0.258 e. The first-order chi connectivity index (χ1) is 17.1. The molecule has 0 atom stereocenters. The van der Waals surface area contributed by atoms with Crippen molar-refractivity contribution < 1.29 is 14.3 Å². The van der Waals surface area contributed by atoms with E-state index in [2.05, 4.69) is 12.2 Å². The van der Waals surface area contributed by atoms with Crippen LogP contribution in [-0.2, 0) is 0 Å². The fourth-order valence-corrected chi connectivity index (χ4v) is 3.96. The van der Waals surface area contributed by atoms with Crippen LogP contribution >= 0.6 is 0 Å². The number of benzene rings is 4. The molecule has 0 aromatic heterocycles. The number of nitrogens with zero attached hydrogens (tertiary/aromatic N) is 1. The zero-order chi connectivity index (χ0) is 24.6. The first-order valence-electron chi connectivity index (χ1n) is 12.0. The Hall–Kier alpha value is -4.12. The van der Waals surface area contributed by atoms with Gasteiger partial charge in [-0.1, -0.05) is 49.7 Å². The molecule has 0 saturated carbocycles. The number of carbonyl (C=O) groups excluding carboxylic acids is 2. The van der Waals surface area contributed by atoms with Crippen molar-refractivity contribution in [3.05, 3.63) is 102 Å². The first kappa shape index (κ1) is 24.0. The van der Waals surface area contributed by atoms with Crippen molar-refractivity contribution in [3.8, 4) is 5.75 Å². The molecule has 4 aromatic rings. The molecule has 35 heavy (non-hydrogen) atoms. The van der Waals surface area contributed by atoms with Crippen LogP contribution in [0.15, 0.2) is 91.0 Å². The summed E-state index contributed by atoms with van der Waals surface area (Å²) in [5.74, 6) is 0.458. The zero-order valence-corrected chi connectivity index (χ0v) is 20.2. The molecule has 1 N–H and O–H groups in total. The van der Waals surface area contributed by atoms with Crippen LogP contribution in [0.2, 0.25) is 0 Å². The highest BCUT2D eigenvalue weighted by Crippen LogP contribution is 2.28. The van der Waals surface area contributed by atoms with Crippen molar-refractivity contribution in [3.63, 3.8) is 0 Å². The summed E-state index contributed by atoms with van der Waals surface area (Å²) in [7, 11) is 0. The third-order valence-electron chi connectivity index (χ3n) is 5.89. The lowest BCUT2D eigenvalue weighted by atomic mass is 10.1. The average molecular weight is 467 g/mol. The predicted molar refractivity (Wildman–Crippen MR) is 143 cm³/mol. The molecule has 0 aliphatic carbocycles. The van der Waals surface area contributed by atoms with Gasteiger partial charge < -0.3 is 15.0 Å². The molecule has 2 amide bonds. The molecule has 0 heterocycles. The summed E-state index contributed by atoms with van der Waals surface area (Å²) in [5.41, 5.74) is 2.62. The Labute approximate surface area is 206 Å². The second kappa shape index (κ2) is 11.3. The van der Waals surface area contributed by atoms with Crippen molar-refractivity contribution in [1.29, 1.82) is 0 Å². The van der Waals surface area contributed by atoms with Gasteiger partial charge in [0.05, 0.1) is 12.3 Å². The molecule has 4 aromatic carbocycles. The van der Waals surface area contributed by atoms with Crippen LogP contribution in [0.1, 0.15) is 47.4 Å². The van der Waals surface area contributed by atoms with Gasteiger partial charge in [0.25, 0.3) is 11.8 Å². The summed E-state index contributed by atoms with van der Waals surface area (Å²) < 4.78 is 5.65. The second-order valence-electron chi connectivity index (χ2n) is 8.31. The number of anilines is 2. The molecule has 0 unspecified atom stereocenters. The molecule has 4 rings (SSSR count). The van der Waals surface area contributed by atoms with E-state index in [1.54, 1.807) is 53.4 Å². The third kappa shape index (κ3) is 5.69. The molecular weight excluding hydrogens is 436 g/mol. The molecule has 5 nitrogen and oxygen atoms in total. The summed E-state index contributed by atoms with van der Waals surface area (Å²) in [6, 6.07) is 28.1. The highest BCUT2D eigenvalue weighted by molar-refractivity contribution is 6.11. The number of carbonyl (C=O) groups is 2. The summed E-state index contributed by atoms with van der Waals surface area (Å²) >= 11 is 0. The summed E-state index contributed by atoms with van der Waals surface area (Å²) in [6.45, 7) is 5.30. The summed E-state index contributed by atoms with van der Waals surface area (Å²) in [5, 5.41) is 5.02. The lowest BCUT2D eigenvalue weighted by Crippen LogP contribution is -2.30. The quantitative estimate of drug-likeness (QED) is 0.272. The smallest absolute Gasteiger partial charge is 0.258 e. The van der Waals surface area contributed by atoms with Gasteiger partial charge in [-0.2, -0.15) is 0 Å². The van der Waals surface area contributed by atoms with E-state index in [4.69, 9.17) is 4.74 Å². The highest BCUT2D eigenvalue weighted by atomic mass is 16.5. The van der Waals surface area contributed by atoms with E-state index in [-0.39, 0.29) is 11.8 Å². The van der Waals surface area contributed by atoms with Gasteiger partial charge in [0.2, 0.25) is 0 Å². The lowest BCUT2D eigenvalue weighted by Gasteiger charge is -2.23. The van der Waals surface area contributed by atoms with Gasteiger partial charge in [0.1, 0.15) is 5.75 Å². The fourth-order valence-electron chi connectivity index (χ4n) is 3.96. The fraction of sp³-hybridized carbons (Fsp3) is 0.200. The minimum Gasteiger partial charge on any atom is -0.494 e. The van der Waals surface area contributed by atoms with Gasteiger partial charge >= 0.3 is 0 Å². The topological polar surface area (TPSA) is 58.6 Å². The van der Waals surface area contributed by atoms with Crippen LogP contribution in [0, 0.1) is 0 Å². The van der Waals surface area contributed by atoms with Gasteiger partial charge in [-0.15, -0.1) is 0 Å². The van der Waals surface area contributed by atoms with E-state index in [1.165, 1.54) is 0 Å². The molecule has 0 fully saturated rings. The Bertz CT molecular complexity index is 1290. The van der Waals surface area contributed by atoms with Crippen LogP contribution in [0.4, 0.5) is 11.4 Å². The molecule has 0 saturated heterocycles. The highest BCUT2D eigenvalue weighted by Gasteiger charge is 2.18. The van der Waals surface area contributed by atoms with Gasteiger partial charge in [-0.05, 0) is 73.3 Å². The molecule has 178 valence electrons. The number of ether oxygens (including phenoxy) is 1. The predicted octanol–water partition coefficient (Wildman–Crippen LogP) is 6.94. The Morgan fingerprint density at radius 2 is 1.49 bits per heavy atom. The van der Waals surface area contributed by atoms with E-state index >= 15 is 0 Å². The SMILES string of the molecule is CCCCOc1ccc(C(=O)Nc2ccc(C(=O)N(CC)c3cccc4ccccc34)cc2)cc1. The van der Waals surface area contributed by atoms with Crippen LogP contribution in [-0.4, -0.2) is 25.0 Å². The lowest BCUT2D eigenvalue weighted by molar-refractivity contribution is 0.0987.